The fourth-order valence-corrected chi connectivity index (χ4v) is 2.54. The van der Waals surface area contributed by atoms with Crippen molar-refractivity contribution >= 4 is 5.91 Å². The largest absolute Gasteiger partial charge is 0.387 e. The first-order valence-corrected chi connectivity index (χ1v) is 6.82. The number of hydrogen-bond donors (Lipinski definition) is 2. The molecule has 1 saturated heterocycles. The van der Waals surface area contributed by atoms with E-state index in [2.05, 4.69) is 4.90 Å². The van der Waals surface area contributed by atoms with Crippen LogP contribution in [0.1, 0.15) is 30.1 Å². The number of β-amino-alcohol motifs (C(OH)–C–C–N with tert-alkyl or cyclic N) is 1. The summed E-state index contributed by atoms with van der Waals surface area (Å²) in [6, 6.07) is 7.96. The topological polar surface area (TPSA) is 66.6 Å². The average molecular weight is 262 g/mol. The van der Waals surface area contributed by atoms with Crippen LogP contribution in [0.2, 0.25) is 0 Å². The standard InChI is InChI=1S/C15H22N2O2/c1-11-2-4-12(5-3-11)14(18)10-17-8-6-13(7-9-17)15(16)19/h2-5,13-14,18H,6-10H2,1H3,(H2,16,19). The molecule has 1 aliphatic heterocycles. The van der Waals surface area contributed by atoms with Crippen molar-refractivity contribution in [3.63, 3.8) is 0 Å². The van der Waals surface area contributed by atoms with Crippen molar-refractivity contribution in [2.24, 2.45) is 11.7 Å². The zero-order chi connectivity index (χ0) is 13.8. The Hall–Kier alpha value is -1.39. The van der Waals surface area contributed by atoms with Crippen LogP contribution >= 0.6 is 0 Å². The Labute approximate surface area is 114 Å². The second kappa shape index (κ2) is 6.17. The lowest BCUT2D eigenvalue weighted by molar-refractivity contribution is -0.123. The zero-order valence-electron chi connectivity index (χ0n) is 11.4. The molecule has 4 nitrogen and oxygen atoms in total. The van der Waals surface area contributed by atoms with Crippen molar-refractivity contribution in [1.82, 2.24) is 4.90 Å². The van der Waals surface area contributed by atoms with Crippen molar-refractivity contribution in [2.45, 2.75) is 25.9 Å². The number of aliphatic hydroxyl groups excluding tert-OH is 1. The quantitative estimate of drug-likeness (QED) is 0.857. The first-order valence-electron chi connectivity index (χ1n) is 6.82. The second-order valence-corrected chi connectivity index (χ2v) is 5.40. The smallest absolute Gasteiger partial charge is 0.220 e. The Morgan fingerprint density at radius 1 is 1.37 bits per heavy atom. The summed E-state index contributed by atoms with van der Waals surface area (Å²) in [5.41, 5.74) is 7.45. The van der Waals surface area contributed by atoms with Crippen LogP contribution in [0.4, 0.5) is 0 Å². The minimum atomic E-state index is -0.467. The number of aryl methyl sites for hydroxylation is 1. The van der Waals surface area contributed by atoms with Crippen molar-refractivity contribution < 1.29 is 9.90 Å². The van der Waals surface area contributed by atoms with Gasteiger partial charge in [0.1, 0.15) is 0 Å². The van der Waals surface area contributed by atoms with Crippen molar-refractivity contribution in [3.05, 3.63) is 35.4 Å². The van der Waals surface area contributed by atoms with Crippen LogP contribution in [-0.2, 0) is 4.79 Å². The zero-order valence-corrected chi connectivity index (χ0v) is 11.4. The molecule has 0 bridgehead atoms. The fraction of sp³-hybridized carbons (Fsp3) is 0.533. The highest BCUT2D eigenvalue weighted by atomic mass is 16.3. The molecular weight excluding hydrogens is 240 g/mol. The molecule has 19 heavy (non-hydrogen) atoms. The van der Waals surface area contributed by atoms with Crippen LogP contribution in [0.5, 0.6) is 0 Å². The predicted molar refractivity (Wildman–Crippen MR) is 74.5 cm³/mol. The number of hydrogen-bond acceptors (Lipinski definition) is 3. The van der Waals surface area contributed by atoms with Crippen molar-refractivity contribution in [1.29, 1.82) is 0 Å². The third-order valence-electron chi connectivity index (χ3n) is 3.88. The monoisotopic (exact) mass is 262 g/mol. The van der Waals surface area contributed by atoms with Gasteiger partial charge < -0.3 is 15.7 Å². The van der Waals surface area contributed by atoms with Gasteiger partial charge in [-0.1, -0.05) is 29.8 Å². The molecule has 1 amide bonds. The first kappa shape index (κ1) is 14.0. The number of likely N-dealkylation sites (tertiary alicyclic amines) is 1. The molecule has 104 valence electrons. The number of nitrogens with two attached hydrogens (primary N) is 1. The van der Waals surface area contributed by atoms with Crippen LogP contribution in [0, 0.1) is 12.8 Å². The van der Waals surface area contributed by atoms with Gasteiger partial charge in [-0.3, -0.25) is 4.79 Å². The Kier molecular flexibility index (Phi) is 4.56. The number of carbonyl (C=O) groups excluding carboxylic acids is 1. The second-order valence-electron chi connectivity index (χ2n) is 5.40. The van der Waals surface area contributed by atoms with Gasteiger partial charge in [0, 0.05) is 12.5 Å². The number of carbonyl (C=O) groups is 1. The van der Waals surface area contributed by atoms with E-state index in [1.807, 2.05) is 31.2 Å². The summed E-state index contributed by atoms with van der Waals surface area (Å²) >= 11 is 0. The molecule has 1 aromatic rings. The lowest BCUT2D eigenvalue weighted by Gasteiger charge is -2.31. The van der Waals surface area contributed by atoms with Gasteiger partial charge in [0.25, 0.3) is 0 Å². The van der Waals surface area contributed by atoms with Crippen molar-refractivity contribution in [2.75, 3.05) is 19.6 Å². The highest BCUT2D eigenvalue weighted by Gasteiger charge is 2.24. The van der Waals surface area contributed by atoms with Crippen LogP contribution in [0.25, 0.3) is 0 Å². The molecule has 1 unspecified atom stereocenters. The number of rotatable bonds is 4. The molecule has 3 N–H and O–H groups in total. The molecule has 0 spiro atoms. The van der Waals surface area contributed by atoms with E-state index in [-0.39, 0.29) is 11.8 Å². The number of aliphatic hydroxyl groups is 1. The summed E-state index contributed by atoms with van der Waals surface area (Å²) in [5, 5.41) is 10.2. The minimum Gasteiger partial charge on any atom is -0.387 e. The molecule has 0 aliphatic carbocycles. The lowest BCUT2D eigenvalue weighted by Crippen LogP contribution is -2.40. The highest BCUT2D eigenvalue weighted by Crippen LogP contribution is 2.20. The summed E-state index contributed by atoms with van der Waals surface area (Å²) < 4.78 is 0. The van der Waals surface area contributed by atoms with E-state index >= 15 is 0 Å². The predicted octanol–water partition coefficient (Wildman–Crippen LogP) is 1.23. The van der Waals surface area contributed by atoms with E-state index in [0.29, 0.717) is 6.54 Å². The van der Waals surface area contributed by atoms with E-state index in [0.717, 1.165) is 31.5 Å². The van der Waals surface area contributed by atoms with Crippen LogP contribution in [0.15, 0.2) is 24.3 Å². The van der Waals surface area contributed by atoms with E-state index < -0.39 is 6.10 Å². The summed E-state index contributed by atoms with van der Waals surface area (Å²) in [6.45, 7) is 4.31. The van der Waals surface area contributed by atoms with Gasteiger partial charge in [-0.25, -0.2) is 0 Å². The normalized spacial score (nSPS) is 19.3. The Morgan fingerprint density at radius 3 is 2.47 bits per heavy atom. The summed E-state index contributed by atoms with van der Waals surface area (Å²) in [4.78, 5) is 13.3. The number of piperidine rings is 1. The summed E-state index contributed by atoms with van der Waals surface area (Å²) in [5.74, 6) is -0.188. The van der Waals surface area contributed by atoms with Crippen LogP contribution in [-0.4, -0.2) is 35.5 Å². The maximum absolute atomic E-state index is 11.1. The summed E-state index contributed by atoms with van der Waals surface area (Å²) in [7, 11) is 0. The van der Waals surface area contributed by atoms with E-state index in [4.69, 9.17) is 5.73 Å². The van der Waals surface area contributed by atoms with Gasteiger partial charge >= 0.3 is 0 Å². The minimum absolute atomic E-state index is 0.00719. The molecule has 4 heteroatoms. The molecule has 1 heterocycles. The molecule has 1 atom stereocenters. The van der Waals surface area contributed by atoms with Gasteiger partial charge in [0.2, 0.25) is 5.91 Å². The number of nitrogens with zero attached hydrogens (tertiary/aromatic N) is 1. The first-order chi connectivity index (χ1) is 9.06. The molecule has 1 aliphatic rings. The van der Waals surface area contributed by atoms with Crippen molar-refractivity contribution in [3.8, 4) is 0 Å². The van der Waals surface area contributed by atoms with E-state index in [1.165, 1.54) is 5.56 Å². The van der Waals surface area contributed by atoms with Gasteiger partial charge in [-0.15, -0.1) is 0 Å². The number of primary amides is 1. The molecule has 2 rings (SSSR count). The van der Waals surface area contributed by atoms with Gasteiger partial charge in [-0.2, -0.15) is 0 Å². The maximum Gasteiger partial charge on any atom is 0.220 e. The third kappa shape index (κ3) is 3.78. The Bertz CT molecular complexity index is 422. The average Bonchev–Trinajstić information content (AvgIpc) is 2.40. The maximum atomic E-state index is 11.1. The Balaban J connectivity index is 1.85. The van der Waals surface area contributed by atoms with Crippen LogP contribution in [0.3, 0.4) is 0 Å². The SMILES string of the molecule is Cc1ccc(C(O)CN2CCC(C(N)=O)CC2)cc1. The summed E-state index contributed by atoms with van der Waals surface area (Å²) in [6.07, 6.45) is 1.14. The lowest BCUT2D eigenvalue weighted by atomic mass is 9.96. The van der Waals surface area contributed by atoms with Gasteiger partial charge in [0.15, 0.2) is 0 Å². The molecular formula is C15H22N2O2. The fourth-order valence-electron chi connectivity index (χ4n) is 2.54. The molecule has 1 fully saturated rings. The third-order valence-corrected chi connectivity index (χ3v) is 3.88. The molecule has 0 aromatic heterocycles. The molecule has 0 saturated carbocycles. The molecule has 0 radical (unpaired) electrons. The highest BCUT2D eigenvalue weighted by molar-refractivity contribution is 5.76. The number of amides is 1. The molecule has 1 aromatic carbocycles. The van der Waals surface area contributed by atoms with Crippen LogP contribution < -0.4 is 5.73 Å². The number of benzene rings is 1. The Morgan fingerprint density at radius 2 is 1.95 bits per heavy atom. The van der Waals surface area contributed by atoms with Gasteiger partial charge in [-0.05, 0) is 38.4 Å². The van der Waals surface area contributed by atoms with Gasteiger partial charge in [0.05, 0.1) is 6.10 Å². The van der Waals surface area contributed by atoms with E-state index in [1.54, 1.807) is 0 Å². The van der Waals surface area contributed by atoms with E-state index in [9.17, 15) is 9.90 Å².